The molecule has 0 radical (unpaired) electrons. The zero-order valence-corrected chi connectivity index (χ0v) is 11.3. The first-order chi connectivity index (χ1) is 8.63. The predicted octanol–water partition coefficient (Wildman–Crippen LogP) is 4.44. The molecule has 1 N–H and O–H groups in total. The summed E-state index contributed by atoms with van der Waals surface area (Å²) in [6.07, 6.45) is 0. The average molecular weight is 284 g/mol. The maximum absolute atomic E-state index is 13.5. The Morgan fingerprint density at radius 2 is 1.78 bits per heavy atom. The van der Waals surface area contributed by atoms with Gasteiger partial charge in [-0.2, -0.15) is 0 Å². The molecule has 2 aromatic rings. The molecule has 1 nitrogen and oxygen atoms in total. The van der Waals surface area contributed by atoms with Gasteiger partial charge in [0.1, 0.15) is 5.82 Å². The Labute approximate surface area is 116 Å². The minimum absolute atomic E-state index is 0.118. The Morgan fingerprint density at radius 1 is 1.06 bits per heavy atom. The van der Waals surface area contributed by atoms with E-state index in [0.29, 0.717) is 5.02 Å². The Kier molecular flexibility index (Phi) is 4.23. The standard InChI is InChI=1S/C14H12Cl2FN/c1-18-14(10-4-2-3-5-11(10)15)9-6-7-12(16)13(17)8-9/h2-8,14,18H,1H3. The molecule has 0 bridgehead atoms. The predicted molar refractivity (Wildman–Crippen MR) is 73.8 cm³/mol. The second kappa shape index (κ2) is 5.70. The fourth-order valence-corrected chi connectivity index (χ4v) is 2.27. The topological polar surface area (TPSA) is 12.0 Å². The maximum atomic E-state index is 13.5. The molecule has 0 fully saturated rings. The van der Waals surface area contributed by atoms with Gasteiger partial charge in [0, 0.05) is 5.02 Å². The Morgan fingerprint density at radius 3 is 2.39 bits per heavy atom. The van der Waals surface area contributed by atoms with E-state index >= 15 is 0 Å². The van der Waals surface area contributed by atoms with Crippen LogP contribution in [0.1, 0.15) is 17.2 Å². The summed E-state index contributed by atoms with van der Waals surface area (Å²) in [7, 11) is 1.81. The first-order valence-corrected chi connectivity index (χ1v) is 6.25. The minimum atomic E-state index is -0.429. The van der Waals surface area contributed by atoms with Gasteiger partial charge in [0.05, 0.1) is 11.1 Å². The zero-order valence-electron chi connectivity index (χ0n) is 9.75. The van der Waals surface area contributed by atoms with Crippen LogP contribution in [0, 0.1) is 5.82 Å². The van der Waals surface area contributed by atoms with E-state index in [2.05, 4.69) is 5.32 Å². The van der Waals surface area contributed by atoms with Crippen molar-refractivity contribution in [3.05, 3.63) is 69.5 Å². The van der Waals surface area contributed by atoms with Gasteiger partial charge in [-0.1, -0.05) is 47.5 Å². The van der Waals surface area contributed by atoms with E-state index in [1.807, 2.05) is 24.3 Å². The van der Waals surface area contributed by atoms with Gasteiger partial charge >= 0.3 is 0 Å². The van der Waals surface area contributed by atoms with E-state index in [1.165, 1.54) is 6.07 Å². The molecular weight excluding hydrogens is 272 g/mol. The van der Waals surface area contributed by atoms with Crippen LogP contribution in [-0.2, 0) is 0 Å². The molecule has 4 heteroatoms. The van der Waals surface area contributed by atoms with Gasteiger partial charge in [-0.3, -0.25) is 0 Å². The van der Waals surface area contributed by atoms with Crippen LogP contribution in [0.15, 0.2) is 42.5 Å². The van der Waals surface area contributed by atoms with Crippen molar-refractivity contribution in [1.29, 1.82) is 0 Å². The smallest absolute Gasteiger partial charge is 0.142 e. The Hall–Kier alpha value is -1.09. The lowest BCUT2D eigenvalue weighted by Gasteiger charge is -2.18. The summed E-state index contributed by atoms with van der Waals surface area (Å²) >= 11 is 11.8. The Balaban J connectivity index is 2.45. The summed E-state index contributed by atoms with van der Waals surface area (Å²) < 4.78 is 13.5. The lowest BCUT2D eigenvalue weighted by atomic mass is 9.99. The highest BCUT2D eigenvalue weighted by Gasteiger charge is 2.16. The first-order valence-electron chi connectivity index (χ1n) is 5.50. The van der Waals surface area contributed by atoms with Crippen molar-refractivity contribution in [3.8, 4) is 0 Å². The summed E-state index contributed by atoms with van der Waals surface area (Å²) in [5.74, 6) is -0.429. The second-order valence-corrected chi connectivity index (χ2v) is 4.73. The van der Waals surface area contributed by atoms with Crippen LogP contribution in [0.4, 0.5) is 4.39 Å². The van der Waals surface area contributed by atoms with Gasteiger partial charge in [0.15, 0.2) is 0 Å². The fourth-order valence-electron chi connectivity index (χ4n) is 1.90. The highest BCUT2D eigenvalue weighted by molar-refractivity contribution is 6.31. The third kappa shape index (κ3) is 2.66. The average Bonchev–Trinajstić information content (AvgIpc) is 2.37. The molecule has 0 saturated carbocycles. The molecule has 18 heavy (non-hydrogen) atoms. The first kappa shape index (κ1) is 13.3. The number of nitrogens with one attached hydrogen (secondary N) is 1. The highest BCUT2D eigenvalue weighted by atomic mass is 35.5. The SMILES string of the molecule is CNC(c1ccc(Cl)c(F)c1)c1ccccc1Cl. The van der Waals surface area contributed by atoms with Crippen molar-refractivity contribution in [2.24, 2.45) is 0 Å². The van der Waals surface area contributed by atoms with Crippen molar-refractivity contribution >= 4 is 23.2 Å². The lowest BCUT2D eigenvalue weighted by molar-refractivity contribution is 0.617. The normalized spacial score (nSPS) is 12.4. The lowest BCUT2D eigenvalue weighted by Crippen LogP contribution is -2.18. The molecule has 0 aliphatic carbocycles. The quantitative estimate of drug-likeness (QED) is 0.878. The van der Waals surface area contributed by atoms with E-state index in [4.69, 9.17) is 23.2 Å². The van der Waals surface area contributed by atoms with Gasteiger partial charge in [0.2, 0.25) is 0 Å². The molecule has 0 heterocycles. The van der Waals surface area contributed by atoms with Crippen molar-refractivity contribution in [2.75, 3.05) is 7.05 Å². The summed E-state index contributed by atoms with van der Waals surface area (Å²) in [6.45, 7) is 0. The summed E-state index contributed by atoms with van der Waals surface area (Å²) in [6, 6.07) is 12.1. The number of halogens is 3. The van der Waals surface area contributed by atoms with Gasteiger partial charge in [-0.25, -0.2) is 4.39 Å². The highest BCUT2D eigenvalue weighted by Crippen LogP contribution is 2.29. The van der Waals surface area contributed by atoms with Gasteiger partial charge < -0.3 is 5.32 Å². The van der Waals surface area contributed by atoms with E-state index in [0.717, 1.165) is 11.1 Å². The fraction of sp³-hybridized carbons (Fsp3) is 0.143. The van der Waals surface area contributed by atoms with Crippen LogP contribution >= 0.6 is 23.2 Å². The summed E-state index contributed by atoms with van der Waals surface area (Å²) in [4.78, 5) is 0. The van der Waals surface area contributed by atoms with Crippen LogP contribution in [0.5, 0.6) is 0 Å². The molecular formula is C14H12Cl2FN. The molecule has 0 aromatic heterocycles. The van der Waals surface area contributed by atoms with Crippen LogP contribution in [0.3, 0.4) is 0 Å². The van der Waals surface area contributed by atoms with Crippen LogP contribution in [-0.4, -0.2) is 7.05 Å². The largest absolute Gasteiger partial charge is 0.309 e. The third-order valence-corrected chi connectivity index (χ3v) is 3.43. The van der Waals surface area contributed by atoms with Crippen molar-refractivity contribution in [2.45, 2.75) is 6.04 Å². The van der Waals surface area contributed by atoms with Gasteiger partial charge in [-0.15, -0.1) is 0 Å². The maximum Gasteiger partial charge on any atom is 0.142 e. The molecule has 1 atom stereocenters. The van der Waals surface area contributed by atoms with Crippen LogP contribution in [0.2, 0.25) is 10.0 Å². The molecule has 94 valence electrons. The Bertz CT molecular complexity index is 557. The minimum Gasteiger partial charge on any atom is -0.309 e. The van der Waals surface area contributed by atoms with Gasteiger partial charge in [0.25, 0.3) is 0 Å². The van der Waals surface area contributed by atoms with E-state index < -0.39 is 5.82 Å². The van der Waals surface area contributed by atoms with E-state index in [-0.39, 0.29) is 11.1 Å². The molecule has 0 amide bonds. The molecule has 2 aromatic carbocycles. The molecule has 0 aliphatic rings. The van der Waals surface area contributed by atoms with Crippen molar-refractivity contribution < 1.29 is 4.39 Å². The number of hydrogen-bond donors (Lipinski definition) is 1. The molecule has 0 spiro atoms. The number of rotatable bonds is 3. The van der Waals surface area contributed by atoms with Gasteiger partial charge in [-0.05, 0) is 36.4 Å². The molecule has 2 rings (SSSR count). The van der Waals surface area contributed by atoms with Crippen LogP contribution in [0.25, 0.3) is 0 Å². The van der Waals surface area contributed by atoms with E-state index in [9.17, 15) is 4.39 Å². The summed E-state index contributed by atoms with van der Waals surface area (Å²) in [5.41, 5.74) is 1.69. The third-order valence-electron chi connectivity index (χ3n) is 2.78. The summed E-state index contributed by atoms with van der Waals surface area (Å²) in [5, 5.41) is 3.89. The van der Waals surface area contributed by atoms with E-state index in [1.54, 1.807) is 19.2 Å². The number of benzene rings is 2. The molecule has 0 aliphatic heterocycles. The van der Waals surface area contributed by atoms with Crippen molar-refractivity contribution in [1.82, 2.24) is 5.32 Å². The van der Waals surface area contributed by atoms with Crippen molar-refractivity contribution in [3.63, 3.8) is 0 Å². The molecule has 0 saturated heterocycles. The molecule has 1 unspecified atom stereocenters. The van der Waals surface area contributed by atoms with Crippen LogP contribution < -0.4 is 5.32 Å². The zero-order chi connectivity index (χ0) is 13.1. The number of hydrogen-bond acceptors (Lipinski definition) is 1. The second-order valence-electron chi connectivity index (χ2n) is 3.92. The monoisotopic (exact) mass is 283 g/mol.